The highest BCUT2D eigenvalue weighted by Crippen LogP contribution is 2.50. The molecule has 0 spiro atoms. The molecule has 31 heavy (non-hydrogen) atoms. The second-order valence-corrected chi connectivity index (χ2v) is 7.84. The van der Waals surface area contributed by atoms with Crippen molar-refractivity contribution < 1.29 is 24.5 Å². The van der Waals surface area contributed by atoms with Gasteiger partial charge in [-0.25, -0.2) is 4.79 Å². The van der Waals surface area contributed by atoms with Gasteiger partial charge in [-0.1, -0.05) is 24.3 Å². The second-order valence-electron chi connectivity index (χ2n) is 7.84. The summed E-state index contributed by atoms with van der Waals surface area (Å²) >= 11 is 0. The fourth-order valence-corrected chi connectivity index (χ4v) is 3.79. The van der Waals surface area contributed by atoms with Crippen molar-refractivity contribution in [3.8, 4) is 22.6 Å². The summed E-state index contributed by atoms with van der Waals surface area (Å²) in [6.07, 6.45) is 1.34. The van der Waals surface area contributed by atoms with Gasteiger partial charge in [-0.2, -0.15) is 0 Å². The summed E-state index contributed by atoms with van der Waals surface area (Å²) < 4.78 is 4.81. The van der Waals surface area contributed by atoms with Crippen LogP contribution in [0.1, 0.15) is 34.3 Å². The smallest absolute Gasteiger partial charge is 0.337 e. The Labute approximate surface area is 180 Å². The number of esters is 1. The number of hydrogen-bond donors (Lipinski definition) is 3. The summed E-state index contributed by atoms with van der Waals surface area (Å²) in [5.41, 5.74) is 3.82. The van der Waals surface area contributed by atoms with E-state index < -0.39 is 11.4 Å². The average molecular weight is 417 g/mol. The van der Waals surface area contributed by atoms with Gasteiger partial charge in [0, 0.05) is 5.69 Å². The first kappa shape index (κ1) is 20.5. The molecule has 6 heteroatoms. The molecule has 0 unspecified atom stereocenters. The minimum absolute atomic E-state index is 0.157. The van der Waals surface area contributed by atoms with Gasteiger partial charge in [-0.05, 0) is 78.4 Å². The fourth-order valence-electron chi connectivity index (χ4n) is 3.79. The van der Waals surface area contributed by atoms with Crippen molar-refractivity contribution in [3.63, 3.8) is 0 Å². The average Bonchev–Trinajstić information content (AvgIpc) is 3.58. The maximum atomic E-state index is 13.1. The van der Waals surface area contributed by atoms with E-state index in [4.69, 9.17) is 4.74 Å². The van der Waals surface area contributed by atoms with Crippen molar-refractivity contribution in [1.82, 2.24) is 0 Å². The molecular formula is C25H23NO5. The number of methoxy groups -OCH3 is 1. The van der Waals surface area contributed by atoms with E-state index in [9.17, 15) is 19.8 Å². The summed E-state index contributed by atoms with van der Waals surface area (Å²) in [4.78, 5) is 25.0. The number of phenols is 2. The molecule has 6 nitrogen and oxygen atoms in total. The van der Waals surface area contributed by atoms with Crippen LogP contribution in [0, 0.1) is 6.92 Å². The molecule has 158 valence electrons. The Balaban J connectivity index is 1.61. The standard InChI is InChI=1S/C25H23NO5/c1-15-6-8-19(14-20(15)16-4-3-5-17(12-16)23(29)31-2)26-24(30)25(10-11-25)18-7-9-21(27)22(28)13-18/h3-9,12-14,27-28H,10-11H2,1-2H3,(H,26,30). The number of ether oxygens (including phenoxy) is 1. The molecule has 3 N–H and O–H groups in total. The van der Waals surface area contributed by atoms with Gasteiger partial charge in [-0.3, -0.25) is 4.79 Å². The zero-order valence-corrected chi connectivity index (χ0v) is 17.3. The third kappa shape index (κ3) is 3.84. The van der Waals surface area contributed by atoms with Gasteiger partial charge in [0.25, 0.3) is 0 Å². The van der Waals surface area contributed by atoms with E-state index in [0.717, 1.165) is 16.7 Å². The largest absolute Gasteiger partial charge is 0.504 e. The molecule has 0 atom stereocenters. The monoisotopic (exact) mass is 417 g/mol. The predicted octanol–water partition coefficient (Wildman–Crippen LogP) is 4.53. The van der Waals surface area contributed by atoms with Crippen LogP contribution in [0.5, 0.6) is 11.5 Å². The van der Waals surface area contributed by atoms with Crippen LogP contribution in [0.25, 0.3) is 11.1 Å². The van der Waals surface area contributed by atoms with Gasteiger partial charge in [0.1, 0.15) is 0 Å². The number of amides is 1. The molecule has 3 aromatic rings. The zero-order chi connectivity index (χ0) is 22.2. The van der Waals surface area contributed by atoms with Crippen molar-refractivity contribution in [2.45, 2.75) is 25.2 Å². The van der Waals surface area contributed by atoms with Crippen molar-refractivity contribution in [1.29, 1.82) is 0 Å². The van der Waals surface area contributed by atoms with Crippen LogP contribution in [-0.4, -0.2) is 29.2 Å². The van der Waals surface area contributed by atoms with Crippen LogP contribution < -0.4 is 5.32 Å². The molecule has 0 radical (unpaired) electrons. The Kier molecular flexibility index (Phi) is 5.15. The maximum absolute atomic E-state index is 13.1. The van der Waals surface area contributed by atoms with Crippen molar-refractivity contribution in [2.75, 3.05) is 12.4 Å². The number of aromatic hydroxyl groups is 2. The van der Waals surface area contributed by atoms with Gasteiger partial charge >= 0.3 is 5.97 Å². The van der Waals surface area contributed by atoms with Crippen molar-refractivity contribution in [3.05, 3.63) is 77.4 Å². The molecule has 1 aliphatic rings. The lowest BCUT2D eigenvalue weighted by Crippen LogP contribution is -2.27. The predicted molar refractivity (Wildman–Crippen MR) is 117 cm³/mol. The molecule has 1 fully saturated rings. The number of phenolic OH excluding ortho intramolecular Hbond substituents is 2. The molecule has 0 aliphatic heterocycles. The summed E-state index contributed by atoms with van der Waals surface area (Å²) in [5.74, 6) is -1.01. The number of benzene rings is 3. The fraction of sp³-hybridized carbons (Fsp3) is 0.200. The number of anilines is 1. The van der Waals surface area contributed by atoms with Gasteiger partial charge in [0.15, 0.2) is 11.5 Å². The number of hydrogen-bond acceptors (Lipinski definition) is 5. The van der Waals surface area contributed by atoms with Gasteiger partial charge in [0.2, 0.25) is 5.91 Å². The van der Waals surface area contributed by atoms with E-state index in [2.05, 4.69) is 5.32 Å². The van der Waals surface area contributed by atoms with Crippen LogP contribution in [0.3, 0.4) is 0 Å². The molecule has 3 aromatic carbocycles. The SMILES string of the molecule is COC(=O)c1cccc(-c2cc(NC(=O)C3(c4ccc(O)c(O)c4)CC3)ccc2C)c1. The minimum Gasteiger partial charge on any atom is -0.504 e. The maximum Gasteiger partial charge on any atom is 0.337 e. The highest BCUT2D eigenvalue weighted by Gasteiger charge is 2.51. The Morgan fingerprint density at radius 3 is 2.42 bits per heavy atom. The van der Waals surface area contributed by atoms with E-state index in [0.29, 0.717) is 29.7 Å². The molecule has 4 rings (SSSR count). The molecule has 1 saturated carbocycles. The number of carbonyl (C=O) groups excluding carboxylic acids is 2. The number of aryl methyl sites for hydroxylation is 1. The van der Waals surface area contributed by atoms with Crippen LogP contribution >= 0.6 is 0 Å². The summed E-state index contributed by atoms with van der Waals surface area (Å²) in [5, 5.41) is 22.4. The molecule has 1 aliphatic carbocycles. The van der Waals surface area contributed by atoms with Gasteiger partial charge in [0.05, 0.1) is 18.1 Å². The molecule has 0 saturated heterocycles. The van der Waals surface area contributed by atoms with E-state index in [1.54, 1.807) is 24.3 Å². The summed E-state index contributed by atoms with van der Waals surface area (Å²) in [6.45, 7) is 1.97. The quantitative estimate of drug-likeness (QED) is 0.419. The van der Waals surface area contributed by atoms with Gasteiger partial charge in [-0.15, -0.1) is 0 Å². The molecule has 1 amide bonds. The highest BCUT2D eigenvalue weighted by atomic mass is 16.5. The summed E-state index contributed by atoms with van der Waals surface area (Å²) in [7, 11) is 1.35. The van der Waals surface area contributed by atoms with Crippen LogP contribution in [-0.2, 0) is 14.9 Å². The molecule has 0 aromatic heterocycles. The van der Waals surface area contributed by atoms with Crippen LogP contribution in [0.2, 0.25) is 0 Å². The Hall–Kier alpha value is -3.80. The molecule has 0 heterocycles. The Morgan fingerprint density at radius 2 is 1.74 bits per heavy atom. The van der Waals surface area contributed by atoms with Crippen molar-refractivity contribution in [2.24, 2.45) is 0 Å². The second kappa shape index (κ2) is 7.80. The highest BCUT2D eigenvalue weighted by molar-refractivity contribution is 6.02. The first-order valence-corrected chi connectivity index (χ1v) is 9.97. The van der Waals surface area contributed by atoms with Crippen molar-refractivity contribution >= 4 is 17.6 Å². The van der Waals surface area contributed by atoms with E-state index in [1.165, 1.54) is 19.2 Å². The van der Waals surface area contributed by atoms with Gasteiger partial charge < -0.3 is 20.3 Å². The summed E-state index contributed by atoms with van der Waals surface area (Å²) in [6, 6.07) is 17.3. The number of carbonyl (C=O) groups is 2. The van der Waals surface area contributed by atoms with E-state index in [-0.39, 0.29) is 17.4 Å². The van der Waals surface area contributed by atoms with Crippen LogP contribution in [0.15, 0.2) is 60.7 Å². The lowest BCUT2D eigenvalue weighted by Gasteiger charge is -2.17. The first-order chi connectivity index (χ1) is 14.8. The first-order valence-electron chi connectivity index (χ1n) is 9.97. The Morgan fingerprint density at radius 1 is 0.968 bits per heavy atom. The van der Waals surface area contributed by atoms with E-state index >= 15 is 0 Å². The zero-order valence-electron chi connectivity index (χ0n) is 17.3. The lowest BCUT2D eigenvalue weighted by molar-refractivity contribution is -0.118. The third-order valence-corrected chi connectivity index (χ3v) is 5.80. The normalized spacial score (nSPS) is 14.0. The van der Waals surface area contributed by atoms with E-state index in [1.807, 2.05) is 31.2 Å². The Bertz CT molecular complexity index is 1180. The minimum atomic E-state index is -0.707. The molecular weight excluding hydrogens is 394 g/mol. The number of rotatable bonds is 5. The number of nitrogens with one attached hydrogen (secondary N) is 1. The van der Waals surface area contributed by atoms with Crippen LogP contribution in [0.4, 0.5) is 5.69 Å². The third-order valence-electron chi connectivity index (χ3n) is 5.80. The topological polar surface area (TPSA) is 95.9 Å². The molecule has 0 bridgehead atoms. The lowest BCUT2D eigenvalue weighted by atomic mass is 9.94.